The molecule has 2 amide bonds. The Hall–Kier alpha value is -2.37. The highest BCUT2D eigenvalue weighted by atomic mass is 16.4. The molecule has 1 atom stereocenters. The van der Waals surface area contributed by atoms with Gasteiger partial charge in [0.25, 0.3) is 0 Å². The summed E-state index contributed by atoms with van der Waals surface area (Å²) in [5.41, 5.74) is 0.979. The first-order chi connectivity index (χ1) is 8.50. The first-order valence-corrected chi connectivity index (χ1v) is 5.41. The van der Waals surface area contributed by atoms with Crippen LogP contribution in [-0.2, 0) is 4.79 Å². The van der Waals surface area contributed by atoms with Crippen LogP contribution in [-0.4, -0.2) is 35.5 Å². The van der Waals surface area contributed by atoms with Crippen LogP contribution in [0.4, 0.5) is 10.5 Å². The second-order valence-electron chi connectivity index (χ2n) is 4.01. The molecule has 0 bridgehead atoms. The van der Waals surface area contributed by atoms with Crippen LogP contribution in [0.15, 0.2) is 24.3 Å². The van der Waals surface area contributed by atoms with Crippen LogP contribution in [0.25, 0.3) is 0 Å². The normalized spacial score (nSPS) is 18.6. The van der Waals surface area contributed by atoms with Gasteiger partial charge in [0.05, 0.1) is 6.54 Å². The number of carboxylic acids is 1. The number of Topliss-reactive ketones (excluding diaryl/α,β-unsaturated/α-hetero) is 1. The number of benzene rings is 1. The smallest absolute Gasteiger partial charge is 0.328 e. The number of rotatable bonds is 3. The van der Waals surface area contributed by atoms with Crippen LogP contribution in [0, 0.1) is 0 Å². The second kappa shape index (κ2) is 4.48. The highest BCUT2D eigenvalue weighted by Gasteiger charge is 2.36. The number of nitrogens with one attached hydrogen (secondary N) is 1. The molecule has 2 rings (SSSR count). The van der Waals surface area contributed by atoms with Crippen molar-refractivity contribution in [2.75, 3.05) is 11.4 Å². The third-order valence-corrected chi connectivity index (χ3v) is 2.81. The molecule has 1 aromatic carbocycles. The van der Waals surface area contributed by atoms with E-state index in [2.05, 4.69) is 5.32 Å². The van der Waals surface area contributed by atoms with Gasteiger partial charge in [-0.2, -0.15) is 0 Å². The summed E-state index contributed by atoms with van der Waals surface area (Å²) in [6, 6.07) is 4.91. The lowest BCUT2D eigenvalue weighted by molar-refractivity contribution is -0.137. The maximum absolute atomic E-state index is 11.6. The fourth-order valence-electron chi connectivity index (χ4n) is 1.85. The van der Waals surface area contributed by atoms with Crippen LogP contribution < -0.4 is 10.2 Å². The van der Waals surface area contributed by atoms with Gasteiger partial charge in [-0.15, -0.1) is 0 Å². The quantitative estimate of drug-likeness (QED) is 0.777. The van der Waals surface area contributed by atoms with E-state index in [1.165, 1.54) is 11.8 Å². The van der Waals surface area contributed by atoms with E-state index in [9.17, 15) is 14.4 Å². The molecule has 1 heterocycles. The van der Waals surface area contributed by atoms with Gasteiger partial charge in [0.15, 0.2) is 11.8 Å². The minimum absolute atomic E-state index is 0.0721. The molecule has 1 unspecified atom stereocenters. The average Bonchev–Trinajstić information content (AvgIpc) is 2.71. The van der Waals surface area contributed by atoms with E-state index in [-0.39, 0.29) is 12.3 Å². The summed E-state index contributed by atoms with van der Waals surface area (Å²) < 4.78 is 0. The van der Waals surface area contributed by atoms with Crippen LogP contribution in [0.3, 0.4) is 0 Å². The number of carbonyl (C=O) groups is 3. The summed E-state index contributed by atoms with van der Waals surface area (Å²) >= 11 is 0. The number of anilines is 1. The Morgan fingerprint density at radius 3 is 2.44 bits per heavy atom. The molecular weight excluding hydrogens is 236 g/mol. The number of carboxylic acid groups (broad SMARTS) is 1. The molecule has 94 valence electrons. The van der Waals surface area contributed by atoms with Crippen molar-refractivity contribution in [3.8, 4) is 0 Å². The minimum Gasteiger partial charge on any atom is -0.480 e. The van der Waals surface area contributed by atoms with Crippen molar-refractivity contribution < 1.29 is 19.5 Å². The number of carbonyl (C=O) groups excluding carboxylic acids is 2. The van der Waals surface area contributed by atoms with Crippen molar-refractivity contribution in [2.24, 2.45) is 0 Å². The molecule has 0 spiro atoms. The number of urea groups is 1. The summed E-state index contributed by atoms with van der Waals surface area (Å²) in [4.78, 5) is 34.9. The van der Waals surface area contributed by atoms with Crippen LogP contribution in [0.1, 0.15) is 17.3 Å². The molecule has 1 aliphatic rings. The number of aliphatic carboxylic acids is 1. The van der Waals surface area contributed by atoms with Crippen LogP contribution in [0.5, 0.6) is 0 Å². The number of amides is 2. The fourth-order valence-corrected chi connectivity index (χ4v) is 1.85. The van der Waals surface area contributed by atoms with Crippen molar-refractivity contribution in [3.05, 3.63) is 29.8 Å². The van der Waals surface area contributed by atoms with Crippen molar-refractivity contribution in [2.45, 2.75) is 13.0 Å². The van der Waals surface area contributed by atoms with E-state index < -0.39 is 18.0 Å². The first-order valence-electron chi connectivity index (χ1n) is 5.41. The molecule has 1 saturated heterocycles. The van der Waals surface area contributed by atoms with E-state index in [0.29, 0.717) is 11.3 Å². The molecule has 6 nitrogen and oxygen atoms in total. The summed E-state index contributed by atoms with van der Waals surface area (Å²) in [5.74, 6) is -1.15. The molecular formula is C12H12N2O4. The van der Waals surface area contributed by atoms with Gasteiger partial charge in [-0.3, -0.25) is 9.69 Å². The topological polar surface area (TPSA) is 86.7 Å². The molecule has 0 radical (unpaired) electrons. The zero-order chi connectivity index (χ0) is 13.3. The Balaban J connectivity index is 2.32. The number of ketones is 1. The lowest BCUT2D eigenvalue weighted by atomic mass is 10.1. The van der Waals surface area contributed by atoms with Gasteiger partial charge in [-0.25, -0.2) is 9.59 Å². The number of hydrogen-bond acceptors (Lipinski definition) is 3. The summed E-state index contributed by atoms with van der Waals surface area (Å²) in [6.07, 6.45) is 0. The van der Waals surface area contributed by atoms with Gasteiger partial charge in [0, 0.05) is 11.3 Å². The zero-order valence-corrected chi connectivity index (χ0v) is 9.71. The van der Waals surface area contributed by atoms with Gasteiger partial charge < -0.3 is 10.4 Å². The molecule has 0 aliphatic carbocycles. The zero-order valence-electron chi connectivity index (χ0n) is 9.71. The predicted octanol–water partition coefficient (Wildman–Crippen LogP) is 0.872. The van der Waals surface area contributed by atoms with Gasteiger partial charge in [0.2, 0.25) is 0 Å². The highest BCUT2D eigenvalue weighted by Crippen LogP contribution is 2.21. The summed E-state index contributed by atoms with van der Waals surface area (Å²) in [6.45, 7) is 1.51. The van der Waals surface area contributed by atoms with Crippen LogP contribution in [0.2, 0.25) is 0 Å². The van der Waals surface area contributed by atoms with E-state index in [1.807, 2.05) is 0 Å². The molecule has 2 N–H and O–H groups in total. The monoisotopic (exact) mass is 248 g/mol. The predicted molar refractivity (Wildman–Crippen MR) is 63.7 cm³/mol. The molecule has 18 heavy (non-hydrogen) atoms. The highest BCUT2D eigenvalue weighted by molar-refractivity contribution is 6.02. The first kappa shape index (κ1) is 12.1. The largest absolute Gasteiger partial charge is 0.480 e. The number of hydrogen-bond donors (Lipinski definition) is 2. The van der Waals surface area contributed by atoms with Crippen molar-refractivity contribution in [1.82, 2.24) is 5.32 Å². The standard InChI is InChI=1S/C12H12N2O4/c1-7(15)8-2-4-9(5-3-8)14-10(11(16)17)6-13-12(14)18/h2-5,10H,6H2,1H3,(H,13,18)(H,16,17). The maximum Gasteiger partial charge on any atom is 0.328 e. The molecule has 0 saturated carbocycles. The van der Waals surface area contributed by atoms with Crippen molar-refractivity contribution >= 4 is 23.5 Å². The fraction of sp³-hybridized carbons (Fsp3) is 0.250. The Morgan fingerprint density at radius 1 is 1.33 bits per heavy atom. The van der Waals surface area contributed by atoms with E-state index in [1.54, 1.807) is 24.3 Å². The Kier molecular flexibility index (Phi) is 3.01. The lowest BCUT2D eigenvalue weighted by Gasteiger charge is -2.19. The molecule has 1 fully saturated rings. The van der Waals surface area contributed by atoms with Gasteiger partial charge in [-0.05, 0) is 31.2 Å². The maximum atomic E-state index is 11.6. The van der Waals surface area contributed by atoms with Crippen molar-refractivity contribution in [3.63, 3.8) is 0 Å². The molecule has 1 aromatic rings. The third kappa shape index (κ3) is 2.04. The van der Waals surface area contributed by atoms with Gasteiger partial charge >= 0.3 is 12.0 Å². The van der Waals surface area contributed by atoms with Crippen LogP contribution >= 0.6 is 0 Å². The lowest BCUT2D eigenvalue weighted by Crippen LogP contribution is -2.39. The Bertz CT molecular complexity index is 509. The second-order valence-corrected chi connectivity index (χ2v) is 4.01. The Labute approximate surface area is 103 Å². The van der Waals surface area contributed by atoms with E-state index >= 15 is 0 Å². The minimum atomic E-state index is -1.07. The average molecular weight is 248 g/mol. The van der Waals surface area contributed by atoms with E-state index in [4.69, 9.17) is 5.11 Å². The van der Waals surface area contributed by atoms with Crippen molar-refractivity contribution in [1.29, 1.82) is 0 Å². The van der Waals surface area contributed by atoms with Gasteiger partial charge in [0.1, 0.15) is 0 Å². The molecule has 6 heteroatoms. The number of nitrogens with zero attached hydrogens (tertiary/aromatic N) is 1. The summed E-state index contributed by atoms with van der Waals surface area (Å²) in [7, 11) is 0. The SMILES string of the molecule is CC(=O)c1ccc(N2C(=O)NCC2C(=O)O)cc1. The summed E-state index contributed by atoms with van der Waals surface area (Å²) in [5, 5.41) is 11.5. The molecule has 1 aliphatic heterocycles. The van der Waals surface area contributed by atoms with Gasteiger partial charge in [-0.1, -0.05) is 0 Å². The molecule has 0 aromatic heterocycles. The third-order valence-electron chi connectivity index (χ3n) is 2.81. The van der Waals surface area contributed by atoms with E-state index in [0.717, 1.165) is 0 Å². The Morgan fingerprint density at radius 2 is 1.94 bits per heavy atom.